The van der Waals surface area contributed by atoms with Gasteiger partial charge in [0.05, 0.1) is 17.5 Å². The van der Waals surface area contributed by atoms with Gasteiger partial charge in [0.1, 0.15) is 11.3 Å². The number of amides is 1. The van der Waals surface area contributed by atoms with Crippen LogP contribution in [0, 0.1) is 6.92 Å². The first kappa shape index (κ1) is 14.5. The predicted molar refractivity (Wildman–Crippen MR) is 92.0 cm³/mol. The zero-order chi connectivity index (χ0) is 16.5. The van der Waals surface area contributed by atoms with E-state index in [1.807, 2.05) is 35.7 Å². The molecule has 1 amide bonds. The van der Waals surface area contributed by atoms with Gasteiger partial charge in [-0.25, -0.2) is 4.98 Å². The minimum atomic E-state index is -0.265. The fourth-order valence-electron chi connectivity index (χ4n) is 2.32. The number of rotatable bonds is 3. The molecule has 1 N–H and O–H groups in total. The van der Waals surface area contributed by atoms with Crippen LogP contribution in [0.2, 0.25) is 0 Å². The van der Waals surface area contributed by atoms with Crippen molar-refractivity contribution in [3.63, 3.8) is 0 Å². The van der Waals surface area contributed by atoms with Crippen LogP contribution >= 0.6 is 11.3 Å². The number of nitrogens with zero attached hydrogens (tertiary/aromatic N) is 3. The monoisotopic (exact) mass is 336 g/mol. The van der Waals surface area contributed by atoms with Crippen molar-refractivity contribution in [3.05, 3.63) is 59.2 Å². The Morgan fingerprint density at radius 3 is 2.96 bits per heavy atom. The van der Waals surface area contributed by atoms with E-state index >= 15 is 0 Å². The zero-order valence-electron chi connectivity index (χ0n) is 12.7. The molecule has 0 spiro atoms. The molecule has 0 radical (unpaired) electrons. The van der Waals surface area contributed by atoms with Crippen molar-refractivity contribution in [2.75, 3.05) is 5.32 Å². The summed E-state index contributed by atoms with van der Waals surface area (Å²) in [5, 5.41) is 13.8. The van der Waals surface area contributed by atoms with Crippen molar-refractivity contribution in [3.8, 4) is 11.5 Å². The molecule has 4 rings (SSSR count). The quantitative estimate of drug-likeness (QED) is 0.613. The Balaban J connectivity index is 1.57. The number of para-hydroxylation sites is 1. The molecule has 0 saturated carbocycles. The highest BCUT2D eigenvalue weighted by Gasteiger charge is 2.13. The van der Waals surface area contributed by atoms with E-state index in [4.69, 9.17) is 4.42 Å². The normalized spacial score (nSPS) is 10.9. The third kappa shape index (κ3) is 2.77. The van der Waals surface area contributed by atoms with Gasteiger partial charge in [-0.2, -0.15) is 10.2 Å². The van der Waals surface area contributed by atoms with Crippen LogP contribution in [0.25, 0.3) is 22.4 Å². The van der Waals surface area contributed by atoms with Crippen molar-refractivity contribution < 1.29 is 9.21 Å². The minimum Gasteiger partial charge on any atom is -0.454 e. The Labute approximate surface area is 141 Å². The molecule has 6 nitrogen and oxygen atoms in total. The molecule has 3 heterocycles. The molecule has 118 valence electrons. The molecule has 3 aromatic heterocycles. The maximum absolute atomic E-state index is 12.2. The van der Waals surface area contributed by atoms with Crippen LogP contribution in [0.3, 0.4) is 0 Å². The lowest BCUT2D eigenvalue weighted by atomic mass is 10.2. The van der Waals surface area contributed by atoms with Gasteiger partial charge in [-0.1, -0.05) is 18.2 Å². The van der Waals surface area contributed by atoms with Crippen LogP contribution in [0.1, 0.15) is 16.1 Å². The molecule has 4 aromatic rings. The van der Waals surface area contributed by atoms with Gasteiger partial charge in [0.25, 0.3) is 5.91 Å². The van der Waals surface area contributed by atoms with Crippen molar-refractivity contribution in [2.24, 2.45) is 0 Å². The molecule has 0 fully saturated rings. The molecule has 0 aliphatic carbocycles. The highest BCUT2D eigenvalue weighted by atomic mass is 32.1. The molecular weight excluding hydrogens is 324 g/mol. The molecule has 24 heavy (non-hydrogen) atoms. The Bertz CT molecular complexity index is 1000. The van der Waals surface area contributed by atoms with E-state index in [2.05, 4.69) is 20.5 Å². The molecule has 0 aliphatic heterocycles. The summed E-state index contributed by atoms with van der Waals surface area (Å²) < 4.78 is 5.79. The molecule has 0 bridgehead atoms. The third-order valence-corrected chi connectivity index (χ3v) is 4.20. The lowest BCUT2D eigenvalue weighted by Crippen LogP contribution is -2.12. The van der Waals surface area contributed by atoms with E-state index in [0.29, 0.717) is 27.8 Å². The first-order valence-corrected chi connectivity index (χ1v) is 8.12. The number of aryl methyl sites for hydroxylation is 1. The van der Waals surface area contributed by atoms with Crippen molar-refractivity contribution in [2.45, 2.75) is 6.92 Å². The largest absolute Gasteiger partial charge is 0.454 e. The van der Waals surface area contributed by atoms with Crippen molar-refractivity contribution in [1.82, 2.24) is 15.2 Å². The summed E-state index contributed by atoms with van der Waals surface area (Å²) in [5.41, 5.74) is 2.63. The second-order valence-corrected chi connectivity index (χ2v) is 6.08. The second-order valence-electron chi connectivity index (χ2n) is 5.23. The summed E-state index contributed by atoms with van der Waals surface area (Å²) in [6.07, 6.45) is 1.43. The minimum absolute atomic E-state index is 0.265. The Kier molecular flexibility index (Phi) is 3.55. The average molecular weight is 336 g/mol. The summed E-state index contributed by atoms with van der Waals surface area (Å²) >= 11 is 1.34. The Morgan fingerprint density at radius 1 is 1.25 bits per heavy atom. The maximum atomic E-state index is 12.2. The lowest BCUT2D eigenvalue weighted by molar-refractivity contribution is 0.102. The lowest BCUT2D eigenvalue weighted by Gasteiger charge is -2.01. The zero-order valence-corrected chi connectivity index (χ0v) is 13.5. The van der Waals surface area contributed by atoms with Gasteiger partial charge in [0.2, 0.25) is 0 Å². The standard InChI is InChI=1S/C17H12N4O2S/c1-10-6-12(8-18-21-10)16(22)20-17-19-13(9-24-17)15-7-11-4-2-3-5-14(11)23-15/h2-9H,1H3,(H,19,20,22). The van der Waals surface area contributed by atoms with E-state index in [9.17, 15) is 4.79 Å². The highest BCUT2D eigenvalue weighted by Crippen LogP contribution is 2.30. The number of carbonyl (C=O) groups excluding carboxylic acids is 1. The number of thiazole rings is 1. The average Bonchev–Trinajstić information content (AvgIpc) is 3.21. The van der Waals surface area contributed by atoms with E-state index in [-0.39, 0.29) is 5.91 Å². The predicted octanol–water partition coefficient (Wildman–Crippen LogP) is 3.91. The van der Waals surface area contributed by atoms with Gasteiger partial charge in [0.15, 0.2) is 10.9 Å². The summed E-state index contributed by atoms with van der Waals surface area (Å²) in [6.45, 7) is 1.78. The summed E-state index contributed by atoms with van der Waals surface area (Å²) in [6, 6.07) is 11.4. The van der Waals surface area contributed by atoms with E-state index in [1.165, 1.54) is 17.5 Å². The van der Waals surface area contributed by atoms with Crippen LogP contribution in [-0.2, 0) is 0 Å². The SMILES string of the molecule is Cc1cc(C(=O)Nc2nc(-c3cc4ccccc4o3)cs2)cnn1. The van der Waals surface area contributed by atoms with Gasteiger partial charge >= 0.3 is 0 Å². The van der Waals surface area contributed by atoms with E-state index in [0.717, 1.165) is 11.0 Å². The summed E-state index contributed by atoms with van der Waals surface area (Å²) in [7, 11) is 0. The second kappa shape index (κ2) is 5.86. The first-order valence-electron chi connectivity index (χ1n) is 7.24. The summed E-state index contributed by atoms with van der Waals surface area (Å²) in [4.78, 5) is 16.6. The number of anilines is 1. The van der Waals surface area contributed by atoms with Crippen LogP contribution in [0.5, 0.6) is 0 Å². The fourth-order valence-corrected chi connectivity index (χ4v) is 3.01. The van der Waals surface area contributed by atoms with Gasteiger partial charge in [0, 0.05) is 10.8 Å². The van der Waals surface area contributed by atoms with Crippen LogP contribution in [0.15, 0.2) is 52.4 Å². The van der Waals surface area contributed by atoms with Gasteiger partial charge in [-0.15, -0.1) is 11.3 Å². The number of aromatic nitrogens is 3. The smallest absolute Gasteiger partial charge is 0.259 e. The number of benzene rings is 1. The molecule has 0 atom stereocenters. The van der Waals surface area contributed by atoms with Crippen LogP contribution in [0.4, 0.5) is 5.13 Å². The van der Waals surface area contributed by atoms with Gasteiger partial charge in [-0.05, 0) is 25.1 Å². The first-order chi connectivity index (χ1) is 11.7. The fraction of sp³-hybridized carbons (Fsp3) is 0.0588. The maximum Gasteiger partial charge on any atom is 0.259 e. The molecule has 1 aromatic carbocycles. The molecular formula is C17H12N4O2S. The summed E-state index contributed by atoms with van der Waals surface area (Å²) in [5.74, 6) is 0.410. The van der Waals surface area contributed by atoms with Crippen LogP contribution in [-0.4, -0.2) is 21.1 Å². The topological polar surface area (TPSA) is 80.9 Å². The number of carbonyl (C=O) groups is 1. The Morgan fingerprint density at radius 2 is 2.12 bits per heavy atom. The molecule has 0 unspecified atom stereocenters. The Hall–Kier alpha value is -3.06. The number of furan rings is 1. The number of nitrogens with one attached hydrogen (secondary N) is 1. The van der Waals surface area contributed by atoms with Gasteiger partial charge < -0.3 is 4.42 Å². The molecule has 0 aliphatic rings. The van der Waals surface area contributed by atoms with E-state index < -0.39 is 0 Å². The van der Waals surface area contributed by atoms with Crippen molar-refractivity contribution >= 4 is 33.3 Å². The van der Waals surface area contributed by atoms with Gasteiger partial charge in [-0.3, -0.25) is 10.1 Å². The van der Waals surface area contributed by atoms with E-state index in [1.54, 1.807) is 13.0 Å². The molecule has 7 heteroatoms. The van der Waals surface area contributed by atoms with Crippen molar-refractivity contribution in [1.29, 1.82) is 0 Å². The number of fused-ring (bicyclic) bond motifs is 1. The van der Waals surface area contributed by atoms with Crippen LogP contribution < -0.4 is 5.32 Å². The number of hydrogen-bond acceptors (Lipinski definition) is 6. The third-order valence-electron chi connectivity index (χ3n) is 3.44. The molecule has 0 saturated heterocycles. The highest BCUT2D eigenvalue weighted by molar-refractivity contribution is 7.14. The number of hydrogen-bond donors (Lipinski definition) is 1.